The molecule has 0 fully saturated rings. The van der Waals surface area contributed by atoms with E-state index >= 15 is 0 Å². The van der Waals surface area contributed by atoms with Gasteiger partial charge >= 0.3 is 0 Å². The monoisotopic (exact) mass is 242 g/mol. The molecule has 0 aromatic heterocycles. The second-order valence-electron chi connectivity index (χ2n) is 4.11. The summed E-state index contributed by atoms with van der Waals surface area (Å²) in [4.78, 5) is 1.97. The van der Waals surface area contributed by atoms with Gasteiger partial charge in [-0.3, -0.25) is 0 Å². The number of rotatable bonds is 5. The third kappa shape index (κ3) is 5.14. The van der Waals surface area contributed by atoms with Crippen molar-refractivity contribution in [2.45, 2.75) is 6.54 Å². The number of hydrogen-bond donors (Lipinski definition) is 1. The van der Waals surface area contributed by atoms with Crippen LogP contribution < -0.4 is 5.73 Å². The van der Waals surface area contributed by atoms with Gasteiger partial charge in [-0.25, -0.2) is 8.42 Å². The van der Waals surface area contributed by atoms with Crippen LogP contribution in [0.25, 0.3) is 0 Å². The zero-order valence-electron chi connectivity index (χ0n) is 9.68. The normalized spacial score (nSPS) is 11.9. The van der Waals surface area contributed by atoms with E-state index < -0.39 is 9.84 Å². The fraction of sp³-hybridized carbons (Fsp3) is 0.455. The van der Waals surface area contributed by atoms with Crippen molar-refractivity contribution >= 4 is 15.5 Å². The van der Waals surface area contributed by atoms with Crippen LogP contribution in [0, 0.1) is 0 Å². The highest BCUT2D eigenvalue weighted by Gasteiger charge is 2.06. The van der Waals surface area contributed by atoms with Crippen molar-refractivity contribution in [3.8, 4) is 0 Å². The highest BCUT2D eigenvalue weighted by atomic mass is 32.2. The molecule has 0 amide bonds. The minimum atomic E-state index is -2.89. The van der Waals surface area contributed by atoms with Gasteiger partial charge in [0.1, 0.15) is 9.84 Å². The maximum absolute atomic E-state index is 11.0. The third-order valence-electron chi connectivity index (χ3n) is 2.25. The lowest BCUT2D eigenvalue weighted by Gasteiger charge is -2.16. The second-order valence-corrected chi connectivity index (χ2v) is 6.37. The first kappa shape index (κ1) is 13.0. The highest BCUT2D eigenvalue weighted by molar-refractivity contribution is 7.90. The van der Waals surface area contributed by atoms with Gasteiger partial charge in [0.2, 0.25) is 0 Å². The molecule has 0 bridgehead atoms. The van der Waals surface area contributed by atoms with Crippen LogP contribution in [-0.4, -0.2) is 38.9 Å². The molecule has 0 aliphatic heterocycles. The molecule has 0 aliphatic rings. The standard InChI is InChI=1S/C11H18N2O2S/c1-13(6-7-16(2,14)15)9-10-4-3-5-11(12)8-10/h3-5,8H,6-7,9,12H2,1-2H3. The van der Waals surface area contributed by atoms with Crippen molar-refractivity contribution in [1.82, 2.24) is 4.90 Å². The van der Waals surface area contributed by atoms with E-state index in [1.165, 1.54) is 6.26 Å². The van der Waals surface area contributed by atoms with Gasteiger partial charge in [-0.2, -0.15) is 0 Å². The Morgan fingerprint density at radius 3 is 2.62 bits per heavy atom. The Balaban J connectivity index is 2.49. The number of benzene rings is 1. The van der Waals surface area contributed by atoms with E-state index in [1.807, 2.05) is 36.2 Å². The number of hydrogen-bond acceptors (Lipinski definition) is 4. The number of nitrogens with zero attached hydrogens (tertiary/aromatic N) is 1. The summed E-state index contributed by atoms with van der Waals surface area (Å²) in [6.45, 7) is 1.24. The molecule has 0 atom stereocenters. The van der Waals surface area contributed by atoms with Crippen molar-refractivity contribution in [3.63, 3.8) is 0 Å². The number of nitrogens with two attached hydrogens (primary N) is 1. The van der Waals surface area contributed by atoms with E-state index in [1.54, 1.807) is 0 Å². The fourth-order valence-corrected chi connectivity index (χ4v) is 2.05. The van der Waals surface area contributed by atoms with Crippen LogP contribution in [0.4, 0.5) is 5.69 Å². The Hall–Kier alpha value is -1.07. The second kappa shape index (κ2) is 5.32. The average molecular weight is 242 g/mol. The first-order valence-electron chi connectivity index (χ1n) is 5.07. The van der Waals surface area contributed by atoms with Crippen LogP contribution in [0.5, 0.6) is 0 Å². The lowest BCUT2D eigenvalue weighted by atomic mass is 10.2. The van der Waals surface area contributed by atoms with Crippen LogP contribution in [0.2, 0.25) is 0 Å². The molecule has 0 aliphatic carbocycles. The lowest BCUT2D eigenvalue weighted by molar-refractivity contribution is 0.346. The fourth-order valence-electron chi connectivity index (χ4n) is 1.40. The predicted octanol–water partition coefficient (Wildman–Crippen LogP) is 0.745. The van der Waals surface area contributed by atoms with Gasteiger partial charge in [0.15, 0.2) is 0 Å². The molecule has 0 saturated heterocycles. The summed E-state index contributed by atoms with van der Waals surface area (Å²) < 4.78 is 22.0. The van der Waals surface area contributed by atoms with Crippen LogP contribution in [0.1, 0.15) is 5.56 Å². The van der Waals surface area contributed by atoms with Crippen LogP contribution in [0.3, 0.4) is 0 Å². The molecule has 1 rings (SSSR count). The summed E-state index contributed by atoms with van der Waals surface area (Å²) in [7, 11) is -0.989. The smallest absolute Gasteiger partial charge is 0.148 e. The van der Waals surface area contributed by atoms with E-state index in [9.17, 15) is 8.42 Å². The molecule has 0 heterocycles. The maximum atomic E-state index is 11.0. The molecular weight excluding hydrogens is 224 g/mol. The van der Waals surface area contributed by atoms with Crippen molar-refractivity contribution in [1.29, 1.82) is 0 Å². The molecule has 4 nitrogen and oxygen atoms in total. The highest BCUT2D eigenvalue weighted by Crippen LogP contribution is 2.08. The summed E-state index contributed by atoms with van der Waals surface area (Å²) in [6, 6.07) is 7.61. The minimum Gasteiger partial charge on any atom is -0.399 e. The molecule has 2 N–H and O–H groups in total. The Morgan fingerprint density at radius 2 is 2.06 bits per heavy atom. The molecule has 0 radical (unpaired) electrons. The zero-order valence-corrected chi connectivity index (χ0v) is 10.5. The largest absolute Gasteiger partial charge is 0.399 e. The summed E-state index contributed by atoms with van der Waals surface area (Å²) >= 11 is 0. The van der Waals surface area contributed by atoms with E-state index in [0.717, 1.165) is 11.3 Å². The van der Waals surface area contributed by atoms with Crippen molar-refractivity contribution in [3.05, 3.63) is 29.8 Å². The first-order valence-corrected chi connectivity index (χ1v) is 7.13. The quantitative estimate of drug-likeness (QED) is 0.774. The average Bonchev–Trinajstić information content (AvgIpc) is 2.14. The molecule has 1 aromatic rings. The maximum Gasteiger partial charge on any atom is 0.148 e. The molecule has 0 saturated carbocycles. The van der Waals surface area contributed by atoms with E-state index in [4.69, 9.17) is 5.73 Å². The Bertz CT molecular complexity index is 443. The van der Waals surface area contributed by atoms with Gasteiger partial charge in [-0.1, -0.05) is 12.1 Å². The van der Waals surface area contributed by atoms with Crippen LogP contribution >= 0.6 is 0 Å². The molecular formula is C11H18N2O2S. The van der Waals surface area contributed by atoms with Gasteiger partial charge in [-0.05, 0) is 24.7 Å². The van der Waals surface area contributed by atoms with Gasteiger partial charge in [0, 0.05) is 25.0 Å². The van der Waals surface area contributed by atoms with Gasteiger partial charge in [0.05, 0.1) is 5.75 Å². The minimum absolute atomic E-state index is 0.186. The summed E-state index contributed by atoms with van der Waals surface area (Å²) in [5.74, 6) is 0.186. The third-order valence-corrected chi connectivity index (χ3v) is 3.17. The molecule has 1 aromatic carbocycles. The van der Waals surface area contributed by atoms with Crippen LogP contribution in [-0.2, 0) is 16.4 Å². The van der Waals surface area contributed by atoms with Gasteiger partial charge in [-0.15, -0.1) is 0 Å². The SMILES string of the molecule is CN(CCS(C)(=O)=O)Cc1cccc(N)c1. The van der Waals surface area contributed by atoms with Crippen molar-refractivity contribution in [2.75, 3.05) is 31.3 Å². The lowest BCUT2D eigenvalue weighted by Crippen LogP contribution is -2.24. The topological polar surface area (TPSA) is 63.4 Å². The zero-order chi connectivity index (χ0) is 12.2. The molecule has 0 spiro atoms. The molecule has 90 valence electrons. The predicted molar refractivity (Wildman–Crippen MR) is 66.9 cm³/mol. The summed E-state index contributed by atoms with van der Waals surface area (Å²) in [6.07, 6.45) is 1.25. The molecule has 0 unspecified atom stereocenters. The van der Waals surface area contributed by atoms with Crippen LogP contribution in [0.15, 0.2) is 24.3 Å². The Kier molecular flexibility index (Phi) is 4.32. The number of sulfone groups is 1. The summed E-state index contributed by atoms with van der Waals surface area (Å²) in [5, 5.41) is 0. The number of nitrogen functional groups attached to an aromatic ring is 1. The van der Waals surface area contributed by atoms with Gasteiger partial charge in [0.25, 0.3) is 0 Å². The molecule has 16 heavy (non-hydrogen) atoms. The first-order chi connectivity index (χ1) is 7.37. The van der Waals surface area contributed by atoms with E-state index in [-0.39, 0.29) is 5.75 Å². The van der Waals surface area contributed by atoms with E-state index in [0.29, 0.717) is 13.1 Å². The van der Waals surface area contributed by atoms with Gasteiger partial charge < -0.3 is 10.6 Å². The van der Waals surface area contributed by atoms with E-state index in [2.05, 4.69) is 0 Å². The van der Waals surface area contributed by atoms with Crippen molar-refractivity contribution < 1.29 is 8.42 Å². The summed E-state index contributed by atoms with van der Waals surface area (Å²) in [5.41, 5.74) is 7.49. The molecule has 5 heteroatoms. The Labute approximate surface area is 97.0 Å². The Morgan fingerprint density at radius 1 is 1.38 bits per heavy atom. The number of anilines is 1. The van der Waals surface area contributed by atoms with Crippen molar-refractivity contribution in [2.24, 2.45) is 0 Å².